The summed E-state index contributed by atoms with van der Waals surface area (Å²) in [5.74, 6) is 0.651. The number of hydrogen-bond acceptors (Lipinski definition) is 3. The number of ether oxygens (including phenoxy) is 1. The van der Waals surface area contributed by atoms with E-state index in [1.165, 1.54) is 0 Å². The number of rotatable bonds is 3. The van der Waals surface area contributed by atoms with Gasteiger partial charge in [0.25, 0.3) is 0 Å². The van der Waals surface area contributed by atoms with Crippen molar-refractivity contribution in [2.75, 3.05) is 6.61 Å². The first kappa shape index (κ1) is 15.4. The number of fused-ring (bicyclic) bond motifs is 1. The Hall–Kier alpha value is -0.940. The second kappa shape index (κ2) is 5.82. The number of benzene rings is 1. The van der Waals surface area contributed by atoms with Crippen molar-refractivity contribution in [3.05, 3.63) is 33.3 Å². The molecule has 0 radical (unpaired) electrons. The minimum atomic E-state index is -0.412. The molecule has 106 valence electrons. The van der Waals surface area contributed by atoms with Crippen LogP contribution in [0.4, 0.5) is 0 Å². The Labute approximate surface area is 135 Å². The van der Waals surface area contributed by atoms with Crippen molar-refractivity contribution in [2.45, 2.75) is 20.8 Å². The monoisotopic (exact) mass is 399 g/mol. The van der Waals surface area contributed by atoms with Gasteiger partial charge in [0.2, 0.25) is 0 Å². The maximum atomic E-state index is 12.0. The van der Waals surface area contributed by atoms with E-state index in [4.69, 9.17) is 4.74 Å². The van der Waals surface area contributed by atoms with Gasteiger partial charge >= 0.3 is 0 Å². The molecule has 0 aliphatic rings. The minimum Gasteiger partial charge on any atom is -0.482 e. The summed E-state index contributed by atoms with van der Waals surface area (Å²) in [6, 6.07) is 5.73. The van der Waals surface area contributed by atoms with Crippen LogP contribution in [0, 0.1) is 5.41 Å². The molecule has 0 unspecified atom stereocenters. The number of ketones is 1. The molecule has 1 aromatic heterocycles. The smallest absolute Gasteiger partial charge is 0.175 e. The lowest BCUT2D eigenvalue weighted by Gasteiger charge is -2.18. The standard InChI is InChI=1S/C15H15Br2NO2/c1-15(2,3)12(19)8-20-14-11(17)7-10(16)9-5-4-6-18-13(9)14/h4-7H,8H2,1-3H3. The van der Waals surface area contributed by atoms with E-state index in [0.717, 1.165) is 19.8 Å². The van der Waals surface area contributed by atoms with Crippen LogP contribution in [-0.4, -0.2) is 17.4 Å². The van der Waals surface area contributed by atoms with Crippen molar-refractivity contribution in [3.8, 4) is 5.75 Å². The van der Waals surface area contributed by atoms with Crippen molar-refractivity contribution >= 4 is 48.5 Å². The van der Waals surface area contributed by atoms with Gasteiger partial charge in [-0.1, -0.05) is 42.8 Å². The van der Waals surface area contributed by atoms with E-state index < -0.39 is 5.41 Å². The predicted molar refractivity (Wildman–Crippen MR) is 87.1 cm³/mol. The number of halogens is 2. The van der Waals surface area contributed by atoms with Crippen molar-refractivity contribution in [3.63, 3.8) is 0 Å². The lowest BCUT2D eigenvalue weighted by molar-refractivity contribution is -0.128. The fraction of sp³-hybridized carbons (Fsp3) is 0.333. The van der Waals surface area contributed by atoms with E-state index in [1.54, 1.807) is 6.20 Å². The molecule has 0 saturated heterocycles. The van der Waals surface area contributed by atoms with E-state index in [-0.39, 0.29) is 12.4 Å². The van der Waals surface area contributed by atoms with E-state index in [0.29, 0.717) is 5.75 Å². The number of carbonyl (C=O) groups excluding carboxylic acids is 1. The quantitative estimate of drug-likeness (QED) is 0.745. The third-order valence-corrected chi connectivity index (χ3v) is 4.18. The average Bonchev–Trinajstić information content (AvgIpc) is 2.37. The van der Waals surface area contributed by atoms with E-state index >= 15 is 0 Å². The van der Waals surface area contributed by atoms with Crippen LogP contribution in [0.25, 0.3) is 10.9 Å². The van der Waals surface area contributed by atoms with Gasteiger partial charge in [0, 0.05) is 21.5 Å². The molecule has 0 amide bonds. The summed E-state index contributed by atoms with van der Waals surface area (Å²) < 4.78 is 7.42. The third-order valence-electron chi connectivity index (χ3n) is 2.93. The van der Waals surface area contributed by atoms with Crippen LogP contribution < -0.4 is 4.74 Å². The van der Waals surface area contributed by atoms with Crippen molar-refractivity contribution in [1.82, 2.24) is 4.98 Å². The summed E-state index contributed by atoms with van der Waals surface area (Å²) in [5.41, 5.74) is 0.320. The molecule has 0 spiro atoms. The maximum absolute atomic E-state index is 12.0. The first-order valence-corrected chi connectivity index (χ1v) is 7.78. The highest BCUT2D eigenvalue weighted by Gasteiger charge is 2.22. The first-order chi connectivity index (χ1) is 9.30. The Morgan fingerprint density at radius 2 is 2.00 bits per heavy atom. The number of aromatic nitrogens is 1. The molecule has 2 rings (SSSR count). The summed E-state index contributed by atoms with van der Waals surface area (Å²) in [5, 5.41) is 0.953. The van der Waals surface area contributed by atoms with E-state index in [1.807, 2.05) is 39.0 Å². The Balaban J connectivity index is 2.38. The highest BCUT2D eigenvalue weighted by Crippen LogP contribution is 2.37. The Morgan fingerprint density at radius 1 is 1.30 bits per heavy atom. The maximum Gasteiger partial charge on any atom is 0.175 e. The molecule has 0 atom stereocenters. The fourth-order valence-electron chi connectivity index (χ4n) is 1.64. The largest absolute Gasteiger partial charge is 0.482 e. The fourth-order valence-corrected chi connectivity index (χ4v) is 3.03. The van der Waals surface area contributed by atoms with Gasteiger partial charge in [0.1, 0.15) is 12.1 Å². The molecule has 0 aliphatic carbocycles. The zero-order valence-corrected chi connectivity index (χ0v) is 14.7. The first-order valence-electron chi connectivity index (χ1n) is 6.19. The molecular formula is C15H15Br2NO2. The van der Waals surface area contributed by atoms with Crippen molar-refractivity contribution < 1.29 is 9.53 Å². The van der Waals surface area contributed by atoms with Crippen LogP contribution in [0.2, 0.25) is 0 Å². The van der Waals surface area contributed by atoms with Gasteiger partial charge in [-0.15, -0.1) is 0 Å². The van der Waals surface area contributed by atoms with Crippen molar-refractivity contribution in [1.29, 1.82) is 0 Å². The number of Topliss-reactive ketones (excluding diaryl/α,β-unsaturated/α-hetero) is 1. The zero-order chi connectivity index (χ0) is 14.9. The molecule has 2 aromatic rings. The molecule has 5 heteroatoms. The van der Waals surface area contributed by atoms with Gasteiger partial charge in [-0.2, -0.15) is 0 Å². The van der Waals surface area contributed by atoms with Gasteiger partial charge in [0.15, 0.2) is 11.5 Å². The number of pyridine rings is 1. The Kier molecular flexibility index (Phi) is 4.49. The van der Waals surface area contributed by atoms with Crippen LogP contribution in [0.15, 0.2) is 33.3 Å². The number of carbonyl (C=O) groups is 1. The molecular weight excluding hydrogens is 386 g/mol. The molecule has 0 saturated carbocycles. The predicted octanol–water partition coefficient (Wildman–Crippen LogP) is 4.75. The highest BCUT2D eigenvalue weighted by molar-refractivity contribution is 9.11. The average molecular weight is 401 g/mol. The van der Waals surface area contributed by atoms with Crippen LogP contribution in [0.3, 0.4) is 0 Å². The van der Waals surface area contributed by atoms with Gasteiger partial charge in [-0.05, 0) is 28.1 Å². The van der Waals surface area contributed by atoms with Gasteiger partial charge < -0.3 is 4.74 Å². The van der Waals surface area contributed by atoms with Crippen LogP contribution in [0.5, 0.6) is 5.75 Å². The van der Waals surface area contributed by atoms with E-state index in [9.17, 15) is 4.79 Å². The van der Waals surface area contributed by atoms with Crippen molar-refractivity contribution in [2.24, 2.45) is 5.41 Å². The molecule has 0 fully saturated rings. The van der Waals surface area contributed by atoms with Crippen LogP contribution in [0.1, 0.15) is 20.8 Å². The molecule has 0 bridgehead atoms. The van der Waals surface area contributed by atoms with E-state index in [2.05, 4.69) is 36.8 Å². The van der Waals surface area contributed by atoms with Crippen LogP contribution >= 0.6 is 31.9 Å². The molecule has 20 heavy (non-hydrogen) atoms. The highest BCUT2D eigenvalue weighted by atomic mass is 79.9. The Morgan fingerprint density at radius 3 is 2.65 bits per heavy atom. The summed E-state index contributed by atoms with van der Waals surface area (Å²) in [4.78, 5) is 16.3. The Bertz CT molecular complexity index is 663. The molecule has 0 N–H and O–H groups in total. The normalized spacial score (nSPS) is 11.7. The lowest BCUT2D eigenvalue weighted by Crippen LogP contribution is -2.26. The summed E-state index contributed by atoms with van der Waals surface area (Å²) in [6.07, 6.45) is 1.71. The summed E-state index contributed by atoms with van der Waals surface area (Å²) in [6.45, 7) is 5.68. The summed E-state index contributed by atoms with van der Waals surface area (Å²) in [7, 11) is 0. The molecule has 0 aliphatic heterocycles. The van der Waals surface area contributed by atoms with Gasteiger partial charge in [-0.25, -0.2) is 0 Å². The second-order valence-electron chi connectivity index (χ2n) is 5.53. The topological polar surface area (TPSA) is 39.2 Å². The van der Waals surface area contributed by atoms with Crippen LogP contribution in [-0.2, 0) is 4.79 Å². The molecule has 3 nitrogen and oxygen atoms in total. The molecule has 1 aromatic carbocycles. The molecule has 1 heterocycles. The number of hydrogen-bond donors (Lipinski definition) is 0. The second-order valence-corrected chi connectivity index (χ2v) is 7.24. The van der Waals surface area contributed by atoms with Gasteiger partial charge in [-0.3, -0.25) is 9.78 Å². The summed E-state index contributed by atoms with van der Waals surface area (Å²) >= 11 is 6.96. The number of nitrogens with zero attached hydrogens (tertiary/aromatic N) is 1. The third kappa shape index (κ3) is 3.20. The minimum absolute atomic E-state index is 0.0371. The van der Waals surface area contributed by atoms with Gasteiger partial charge in [0.05, 0.1) is 4.47 Å². The SMILES string of the molecule is CC(C)(C)C(=O)COc1c(Br)cc(Br)c2cccnc12. The lowest BCUT2D eigenvalue weighted by atomic mass is 9.91. The zero-order valence-electron chi connectivity index (χ0n) is 11.5.